The molecule has 1 unspecified atom stereocenters. The molecule has 24 heavy (non-hydrogen) atoms. The molecule has 1 amide bonds. The Hall–Kier alpha value is -1.60. The van der Waals surface area contributed by atoms with Crippen LogP contribution in [0.25, 0.3) is 0 Å². The van der Waals surface area contributed by atoms with E-state index in [1.165, 1.54) is 18.2 Å². The highest BCUT2D eigenvalue weighted by Crippen LogP contribution is 2.42. The predicted octanol–water partition coefficient (Wildman–Crippen LogP) is 4.37. The van der Waals surface area contributed by atoms with Crippen LogP contribution < -0.4 is 0 Å². The van der Waals surface area contributed by atoms with Crippen molar-refractivity contribution in [1.29, 1.82) is 0 Å². The van der Waals surface area contributed by atoms with E-state index in [0.717, 1.165) is 12.8 Å². The lowest BCUT2D eigenvalue weighted by Gasteiger charge is -2.32. The summed E-state index contributed by atoms with van der Waals surface area (Å²) >= 11 is 5.88. The third-order valence-corrected chi connectivity index (χ3v) is 4.19. The molecule has 8 heteroatoms. The first-order chi connectivity index (χ1) is 11.2. The summed E-state index contributed by atoms with van der Waals surface area (Å²) in [5.74, 6) is -1.08. The standard InChI is InChI=1S/C16H18ClF3N2O2/c1-2-3-4-7-11-10-15(24,16(18,19)20)22(21-11)14(23)12-8-5-6-9-13(12)17/h5-6,8-9,24H,2-4,7,10H2,1H3. The molecule has 0 bridgehead atoms. The Bertz CT molecular complexity index is 648. The Morgan fingerprint density at radius 2 is 2.04 bits per heavy atom. The van der Waals surface area contributed by atoms with Crippen LogP contribution >= 0.6 is 11.6 Å². The van der Waals surface area contributed by atoms with Gasteiger partial charge in [0.25, 0.3) is 11.6 Å². The summed E-state index contributed by atoms with van der Waals surface area (Å²) in [6, 6.07) is 5.72. The molecule has 1 aromatic carbocycles. The van der Waals surface area contributed by atoms with Gasteiger partial charge in [0.15, 0.2) is 0 Å². The number of carbonyl (C=O) groups excluding carboxylic acids is 1. The van der Waals surface area contributed by atoms with Gasteiger partial charge in [-0.3, -0.25) is 4.79 Å². The van der Waals surface area contributed by atoms with Crippen molar-refractivity contribution in [2.24, 2.45) is 5.10 Å². The van der Waals surface area contributed by atoms with Crippen molar-refractivity contribution in [2.45, 2.75) is 50.9 Å². The van der Waals surface area contributed by atoms with Gasteiger partial charge in [-0.2, -0.15) is 23.3 Å². The first-order valence-corrected chi connectivity index (χ1v) is 8.03. The van der Waals surface area contributed by atoms with Crippen LogP contribution in [0.2, 0.25) is 5.02 Å². The Labute approximate surface area is 142 Å². The van der Waals surface area contributed by atoms with Crippen molar-refractivity contribution in [3.8, 4) is 0 Å². The Balaban J connectivity index is 2.34. The number of benzene rings is 1. The largest absolute Gasteiger partial charge is 0.438 e. The Kier molecular flexibility index (Phi) is 5.55. The molecule has 1 aliphatic heterocycles. The molecular weight excluding hydrogens is 345 g/mol. The minimum Gasteiger partial charge on any atom is -0.362 e. The fourth-order valence-electron chi connectivity index (χ4n) is 2.52. The second-order valence-electron chi connectivity index (χ2n) is 5.71. The smallest absolute Gasteiger partial charge is 0.362 e. The molecule has 1 N–H and O–H groups in total. The van der Waals surface area contributed by atoms with Gasteiger partial charge in [0.05, 0.1) is 10.6 Å². The lowest BCUT2D eigenvalue weighted by atomic mass is 10.0. The van der Waals surface area contributed by atoms with Gasteiger partial charge in [0.2, 0.25) is 0 Å². The van der Waals surface area contributed by atoms with Crippen molar-refractivity contribution < 1.29 is 23.1 Å². The van der Waals surface area contributed by atoms with E-state index >= 15 is 0 Å². The monoisotopic (exact) mass is 362 g/mol. The highest BCUT2D eigenvalue weighted by molar-refractivity contribution is 6.33. The lowest BCUT2D eigenvalue weighted by Crippen LogP contribution is -2.56. The van der Waals surface area contributed by atoms with Gasteiger partial charge in [-0.15, -0.1) is 0 Å². The SMILES string of the molecule is CCCCCC1=NN(C(=O)c2ccccc2Cl)C(O)(C(F)(F)F)C1. The van der Waals surface area contributed by atoms with E-state index in [0.29, 0.717) is 12.8 Å². The van der Waals surface area contributed by atoms with Crippen molar-refractivity contribution in [1.82, 2.24) is 5.01 Å². The van der Waals surface area contributed by atoms with Crippen LogP contribution in [0.3, 0.4) is 0 Å². The van der Waals surface area contributed by atoms with E-state index in [9.17, 15) is 23.1 Å². The minimum absolute atomic E-state index is 0.00153. The zero-order valence-corrected chi connectivity index (χ0v) is 13.9. The van der Waals surface area contributed by atoms with Crippen molar-refractivity contribution in [2.75, 3.05) is 0 Å². The molecular formula is C16H18ClF3N2O2. The minimum atomic E-state index is -5.03. The molecule has 0 saturated heterocycles. The van der Waals surface area contributed by atoms with E-state index in [2.05, 4.69) is 5.10 Å². The second kappa shape index (κ2) is 7.11. The van der Waals surface area contributed by atoms with Crippen molar-refractivity contribution in [3.05, 3.63) is 34.9 Å². The number of carbonyl (C=O) groups is 1. The third kappa shape index (κ3) is 3.57. The van der Waals surface area contributed by atoms with Gasteiger partial charge in [0.1, 0.15) is 0 Å². The summed E-state index contributed by atoms with van der Waals surface area (Å²) in [5.41, 5.74) is -3.32. The molecule has 1 aliphatic rings. The topological polar surface area (TPSA) is 52.9 Å². The number of rotatable bonds is 5. The molecule has 0 saturated carbocycles. The molecule has 0 aromatic heterocycles. The van der Waals surface area contributed by atoms with E-state index in [1.807, 2.05) is 6.92 Å². The average molecular weight is 363 g/mol. The molecule has 1 atom stereocenters. The lowest BCUT2D eigenvalue weighted by molar-refractivity contribution is -0.297. The number of amides is 1. The molecule has 1 aromatic rings. The van der Waals surface area contributed by atoms with Gasteiger partial charge in [-0.25, -0.2) is 0 Å². The van der Waals surface area contributed by atoms with E-state index in [1.54, 1.807) is 6.07 Å². The maximum Gasteiger partial charge on any atom is 0.438 e. The summed E-state index contributed by atoms with van der Waals surface area (Å²) in [5, 5.41) is 14.1. The first kappa shape index (κ1) is 18.7. The number of halogens is 4. The number of aliphatic hydroxyl groups is 1. The van der Waals surface area contributed by atoms with E-state index in [4.69, 9.17) is 11.6 Å². The van der Waals surface area contributed by atoms with Crippen molar-refractivity contribution in [3.63, 3.8) is 0 Å². The molecule has 132 valence electrons. The van der Waals surface area contributed by atoms with Gasteiger partial charge in [-0.1, -0.05) is 43.5 Å². The fraction of sp³-hybridized carbons (Fsp3) is 0.500. The van der Waals surface area contributed by atoms with Crippen LogP contribution in [0.4, 0.5) is 13.2 Å². The molecule has 4 nitrogen and oxygen atoms in total. The van der Waals surface area contributed by atoms with Crippen molar-refractivity contribution >= 4 is 23.2 Å². The average Bonchev–Trinajstić information content (AvgIpc) is 2.85. The first-order valence-electron chi connectivity index (χ1n) is 7.65. The van der Waals surface area contributed by atoms with Gasteiger partial charge in [0, 0.05) is 12.1 Å². The number of hydrogen-bond acceptors (Lipinski definition) is 3. The molecule has 0 fully saturated rings. The number of hydrazone groups is 1. The summed E-state index contributed by atoms with van der Waals surface area (Å²) in [4.78, 5) is 12.5. The van der Waals surface area contributed by atoms with Crippen LogP contribution in [-0.4, -0.2) is 33.6 Å². The second-order valence-corrected chi connectivity index (χ2v) is 6.12. The zero-order valence-electron chi connectivity index (χ0n) is 13.1. The number of hydrogen-bond donors (Lipinski definition) is 1. The Morgan fingerprint density at radius 1 is 1.38 bits per heavy atom. The van der Waals surface area contributed by atoms with Gasteiger partial charge in [-0.05, 0) is 25.0 Å². The summed E-state index contributed by atoms with van der Waals surface area (Å²) in [6.45, 7) is 1.97. The highest BCUT2D eigenvalue weighted by atomic mass is 35.5. The molecule has 1 heterocycles. The number of alkyl halides is 3. The van der Waals surface area contributed by atoms with Crippen LogP contribution in [0.15, 0.2) is 29.4 Å². The van der Waals surface area contributed by atoms with Crippen LogP contribution in [0.5, 0.6) is 0 Å². The number of nitrogens with zero attached hydrogens (tertiary/aromatic N) is 2. The molecule has 0 spiro atoms. The summed E-state index contributed by atoms with van der Waals surface area (Å²) in [6.07, 6.45) is -3.08. The normalized spacial score (nSPS) is 21.1. The van der Waals surface area contributed by atoms with Gasteiger partial charge < -0.3 is 5.11 Å². The zero-order chi connectivity index (χ0) is 18.0. The highest BCUT2D eigenvalue weighted by Gasteiger charge is 2.63. The molecule has 2 rings (SSSR count). The molecule has 0 aliphatic carbocycles. The summed E-state index contributed by atoms with van der Waals surface area (Å²) in [7, 11) is 0. The fourth-order valence-corrected chi connectivity index (χ4v) is 2.74. The maximum absolute atomic E-state index is 13.4. The predicted molar refractivity (Wildman–Crippen MR) is 84.8 cm³/mol. The molecule has 0 radical (unpaired) electrons. The Morgan fingerprint density at radius 3 is 2.62 bits per heavy atom. The number of unbranched alkanes of at least 4 members (excludes halogenated alkanes) is 2. The van der Waals surface area contributed by atoms with Gasteiger partial charge >= 0.3 is 6.18 Å². The summed E-state index contributed by atoms with van der Waals surface area (Å²) < 4.78 is 40.1. The van der Waals surface area contributed by atoms with E-state index < -0.39 is 24.2 Å². The quantitative estimate of drug-likeness (QED) is 0.790. The van der Waals surface area contributed by atoms with Crippen LogP contribution in [-0.2, 0) is 0 Å². The third-order valence-electron chi connectivity index (χ3n) is 3.86. The van der Waals surface area contributed by atoms with Crippen LogP contribution in [0.1, 0.15) is 49.4 Å². The van der Waals surface area contributed by atoms with Crippen LogP contribution in [0, 0.1) is 0 Å². The maximum atomic E-state index is 13.4. The van der Waals surface area contributed by atoms with E-state index in [-0.39, 0.29) is 21.3 Å².